The van der Waals surface area contributed by atoms with Gasteiger partial charge in [-0.1, -0.05) is 6.92 Å². The van der Waals surface area contributed by atoms with E-state index in [1.807, 2.05) is 7.05 Å². The molecule has 0 amide bonds. The quantitative estimate of drug-likeness (QED) is 0.640. The summed E-state index contributed by atoms with van der Waals surface area (Å²) in [4.78, 5) is 2.23. The lowest BCUT2D eigenvalue weighted by atomic mass is 9.96. The van der Waals surface area contributed by atoms with Crippen molar-refractivity contribution in [3.63, 3.8) is 0 Å². The van der Waals surface area contributed by atoms with E-state index in [9.17, 15) is 0 Å². The van der Waals surface area contributed by atoms with Crippen molar-refractivity contribution in [1.82, 2.24) is 10.2 Å². The van der Waals surface area contributed by atoms with Crippen molar-refractivity contribution in [2.24, 2.45) is 5.92 Å². The third-order valence-corrected chi connectivity index (χ3v) is 2.72. The summed E-state index contributed by atoms with van der Waals surface area (Å²) in [7, 11) is 8.05. The Balaban J connectivity index is 3.74. The van der Waals surface area contributed by atoms with E-state index >= 15 is 0 Å². The molecule has 0 aliphatic heterocycles. The Labute approximate surface area is 88.8 Å². The molecule has 0 bridgehead atoms. The molecule has 0 aliphatic carbocycles. The lowest BCUT2D eigenvalue weighted by molar-refractivity contribution is 0.168. The van der Waals surface area contributed by atoms with Gasteiger partial charge in [0.05, 0.1) is 0 Å². The van der Waals surface area contributed by atoms with E-state index in [1.54, 1.807) is 7.11 Å². The first-order valence-corrected chi connectivity index (χ1v) is 5.42. The Bertz CT molecular complexity index is 128. The topological polar surface area (TPSA) is 24.5 Å². The Morgan fingerprint density at radius 1 is 1.29 bits per heavy atom. The third kappa shape index (κ3) is 6.35. The average molecular weight is 202 g/mol. The molecule has 14 heavy (non-hydrogen) atoms. The van der Waals surface area contributed by atoms with Gasteiger partial charge in [-0.15, -0.1) is 0 Å². The normalized spacial score (nSPS) is 15.9. The second kappa shape index (κ2) is 8.21. The smallest absolute Gasteiger partial charge is 0.0465 e. The van der Waals surface area contributed by atoms with Gasteiger partial charge in [0.2, 0.25) is 0 Å². The van der Waals surface area contributed by atoms with Crippen LogP contribution in [0.2, 0.25) is 0 Å². The second-order valence-electron chi connectivity index (χ2n) is 4.25. The number of nitrogens with one attached hydrogen (secondary N) is 1. The first-order valence-electron chi connectivity index (χ1n) is 5.42. The Morgan fingerprint density at radius 3 is 2.36 bits per heavy atom. The molecule has 0 saturated heterocycles. The number of nitrogens with zero attached hydrogens (tertiary/aromatic N) is 1. The molecule has 0 aromatic heterocycles. The lowest BCUT2D eigenvalue weighted by Crippen LogP contribution is -2.35. The average Bonchev–Trinajstić information content (AvgIpc) is 2.15. The Morgan fingerprint density at radius 2 is 1.93 bits per heavy atom. The minimum absolute atomic E-state index is 0.604. The summed E-state index contributed by atoms with van der Waals surface area (Å²) < 4.78 is 5.09. The molecule has 0 fully saturated rings. The van der Waals surface area contributed by atoms with Crippen LogP contribution in [0.5, 0.6) is 0 Å². The molecule has 86 valence electrons. The monoisotopic (exact) mass is 202 g/mol. The van der Waals surface area contributed by atoms with Crippen molar-refractivity contribution in [3.8, 4) is 0 Å². The van der Waals surface area contributed by atoms with Crippen LogP contribution in [0.25, 0.3) is 0 Å². The molecule has 0 radical (unpaired) electrons. The van der Waals surface area contributed by atoms with Gasteiger partial charge in [0.1, 0.15) is 0 Å². The number of methoxy groups -OCH3 is 1. The molecular formula is C11H26N2O. The fourth-order valence-electron chi connectivity index (χ4n) is 1.62. The number of ether oxygens (including phenoxy) is 1. The predicted octanol–water partition coefficient (Wildman–Crippen LogP) is 1.20. The number of hydrogen-bond donors (Lipinski definition) is 1. The second-order valence-corrected chi connectivity index (χ2v) is 4.25. The fraction of sp³-hybridized carbons (Fsp3) is 1.00. The third-order valence-electron chi connectivity index (χ3n) is 2.72. The zero-order valence-electron chi connectivity index (χ0n) is 10.3. The SMILES string of the molecule is CNC(CCN(C)C)C(C)CCOC. The summed E-state index contributed by atoms with van der Waals surface area (Å²) in [5, 5.41) is 3.38. The molecule has 0 aliphatic rings. The van der Waals surface area contributed by atoms with E-state index in [1.165, 1.54) is 6.42 Å². The zero-order valence-corrected chi connectivity index (χ0v) is 10.3. The highest BCUT2D eigenvalue weighted by molar-refractivity contribution is 4.72. The van der Waals surface area contributed by atoms with Crippen molar-refractivity contribution in [3.05, 3.63) is 0 Å². The van der Waals surface area contributed by atoms with Gasteiger partial charge >= 0.3 is 0 Å². The van der Waals surface area contributed by atoms with Crippen LogP contribution in [0.15, 0.2) is 0 Å². The summed E-state index contributed by atoms with van der Waals surface area (Å²) in [5.41, 5.74) is 0. The standard InChI is InChI=1S/C11H26N2O/c1-10(7-9-14-5)11(12-2)6-8-13(3)4/h10-12H,6-9H2,1-5H3. The molecule has 2 atom stereocenters. The molecule has 3 heteroatoms. The van der Waals surface area contributed by atoms with Crippen LogP contribution in [-0.2, 0) is 4.74 Å². The summed E-state index contributed by atoms with van der Waals surface area (Å²) >= 11 is 0. The van der Waals surface area contributed by atoms with Gasteiger partial charge in [-0.3, -0.25) is 0 Å². The molecule has 0 aromatic carbocycles. The zero-order chi connectivity index (χ0) is 11.0. The van der Waals surface area contributed by atoms with Crippen LogP contribution in [-0.4, -0.2) is 52.3 Å². The van der Waals surface area contributed by atoms with Crippen LogP contribution < -0.4 is 5.32 Å². The van der Waals surface area contributed by atoms with Crippen LogP contribution >= 0.6 is 0 Å². The highest BCUT2D eigenvalue weighted by Gasteiger charge is 2.14. The maximum absolute atomic E-state index is 5.09. The van der Waals surface area contributed by atoms with E-state index in [0.29, 0.717) is 12.0 Å². The van der Waals surface area contributed by atoms with E-state index in [2.05, 4.69) is 31.2 Å². The van der Waals surface area contributed by atoms with Gasteiger partial charge in [-0.25, -0.2) is 0 Å². The molecule has 0 aromatic rings. The fourth-order valence-corrected chi connectivity index (χ4v) is 1.62. The number of hydrogen-bond acceptors (Lipinski definition) is 3. The minimum atomic E-state index is 0.604. The van der Waals surface area contributed by atoms with Gasteiger partial charge in [0.25, 0.3) is 0 Å². The summed E-state index contributed by atoms with van der Waals surface area (Å²) in [5.74, 6) is 0.680. The molecule has 2 unspecified atom stereocenters. The first kappa shape index (κ1) is 13.9. The Hall–Kier alpha value is -0.120. The van der Waals surface area contributed by atoms with Gasteiger partial charge in [0.15, 0.2) is 0 Å². The van der Waals surface area contributed by atoms with Crippen LogP contribution in [0, 0.1) is 5.92 Å². The number of rotatable bonds is 8. The maximum atomic E-state index is 5.09. The van der Waals surface area contributed by atoms with Crippen LogP contribution in [0.4, 0.5) is 0 Å². The largest absolute Gasteiger partial charge is 0.385 e. The van der Waals surface area contributed by atoms with Crippen molar-refractivity contribution < 1.29 is 4.74 Å². The summed E-state index contributed by atoms with van der Waals surface area (Å²) in [6, 6.07) is 0.604. The minimum Gasteiger partial charge on any atom is -0.385 e. The molecular weight excluding hydrogens is 176 g/mol. The van der Waals surface area contributed by atoms with E-state index in [-0.39, 0.29) is 0 Å². The molecule has 0 rings (SSSR count). The van der Waals surface area contributed by atoms with Crippen LogP contribution in [0.3, 0.4) is 0 Å². The van der Waals surface area contributed by atoms with Crippen molar-refractivity contribution in [2.45, 2.75) is 25.8 Å². The van der Waals surface area contributed by atoms with Gasteiger partial charge in [-0.2, -0.15) is 0 Å². The first-order chi connectivity index (χ1) is 6.61. The van der Waals surface area contributed by atoms with Crippen molar-refractivity contribution >= 4 is 0 Å². The highest BCUT2D eigenvalue weighted by Crippen LogP contribution is 2.11. The van der Waals surface area contributed by atoms with Crippen molar-refractivity contribution in [2.75, 3.05) is 41.4 Å². The van der Waals surface area contributed by atoms with Gasteiger partial charge in [-0.05, 0) is 46.4 Å². The molecule has 0 spiro atoms. The molecule has 1 N–H and O–H groups in total. The molecule has 0 heterocycles. The van der Waals surface area contributed by atoms with Crippen LogP contribution in [0.1, 0.15) is 19.8 Å². The van der Waals surface area contributed by atoms with E-state index < -0.39 is 0 Å². The Kier molecular flexibility index (Phi) is 8.14. The van der Waals surface area contributed by atoms with E-state index in [4.69, 9.17) is 4.74 Å². The van der Waals surface area contributed by atoms with Gasteiger partial charge < -0.3 is 15.0 Å². The summed E-state index contributed by atoms with van der Waals surface area (Å²) in [6.45, 7) is 4.29. The highest BCUT2D eigenvalue weighted by atomic mass is 16.5. The van der Waals surface area contributed by atoms with Crippen molar-refractivity contribution in [1.29, 1.82) is 0 Å². The predicted molar refractivity (Wildman–Crippen MR) is 61.7 cm³/mol. The molecule has 0 saturated carbocycles. The maximum Gasteiger partial charge on any atom is 0.0465 e. The van der Waals surface area contributed by atoms with Gasteiger partial charge in [0, 0.05) is 19.8 Å². The van der Waals surface area contributed by atoms with E-state index in [0.717, 1.165) is 19.6 Å². The summed E-state index contributed by atoms with van der Waals surface area (Å²) in [6.07, 6.45) is 2.34. The lowest BCUT2D eigenvalue weighted by Gasteiger charge is -2.24. The molecule has 3 nitrogen and oxygen atoms in total.